The van der Waals surface area contributed by atoms with E-state index in [0.29, 0.717) is 28.5 Å². The van der Waals surface area contributed by atoms with Crippen molar-refractivity contribution in [2.24, 2.45) is 0 Å². The number of nitrogens with zero attached hydrogens (tertiary/aromatic N) is 2. The van der Waals surface area contributed by atoms with E-state index in [-0.39, 0.29) is 5.69 Å². The average Bonchev–Trinajstić information content (AvgIpc) is 2.76. The molecule has 0 saturated heterocycles. The Hall–Kier alpha value is -4.33. The molecule has 0 amide bonds. The number of aromatic nitrogens is 3. The van der Waals surface area contributed by atoms with Gasteiger partial charge in [0.25, 0.3) is 0 Å². The van der Waals surface area contributed by atoms with E-state index in [2.05, 4.69) is 4.98 Å². The Morgan fingerprint density at radius 2 is 1.35 bits per heavy atom. The number of rotatable bonds is 5. The molecule has 0 aliphatic carbocycles. The van der Waals surface area contributed by atoms with Crippen LogP contribution in [0, 0.1) is 6.92 Å². The van der Waals surface area contributed by atoms with Crippen molar-refractivity contribution < 1.29 is 9.47 Å². The molecule has 0 fully saturated rings. The Morgan fingerprint density at radius 1 is 0.774 bits per heavy atom. The topological polar surface area (TPSA) is 95.3 Å². The van der Waals surface area contributed by atoms with Gasteiger partial charge in [0.2, 0.25) is 0 Å². The number of methoxy groups -OCH3 is 1. The van der Waals surface area contributed by atoms with Crippen molar-refractivity contribution >= 4 is 0 Å². The summed E-state index contributed by atoms with van der Waals surface area (Å²) in [5.74, 6) is 1.41. The van der Waals surface area contributed by atoms with Crippen LogP contribution in [0.1, 0.15) is 5.56 Å². The molecule has 4 rings (SSSR count). The van der Waals surface area contributed by atoms with Crippen LogP contribution in [0.2, 0.25) is 0 Å². The van der Waals surface area contributed by atoms with Gasteiger partial charge in [0, 0.05) is 6.07 Å². The van der Waals surface area contributed by atoms with Gasteiger partial charge in [-0.15, -0.1) is 0 Å². The average molecular weight is 417 g/mol. The van der Waals surface area contributed by atoms with E-state index in [1.165, 1.54) is 13.2 Å². The summed E-state index contributed by atoms with van der Waals surface area (Å²) < 4.78 is 13.2. The molecule has 1 aromatic heterocycles. The van der Waals surface area contributed by atoms with Crippen molar-refractivity contribution in [2.75, 3.05) is 7.11 Å². The van der Waals surface area contributed by atoms with E-state index in [1.54, 1.807) is 55.5 Å². The molecule has 4 aromatic rings. The maximum absolute atomic E-state index is 13.1. The molecule has 0 spiro atoms. The van der Waals surface area contributed by atoms with Crippen molar-refractivity contribution in [3.8, 4) is 28.6 Å². The van der Waals surface area contributed by atoms with E-state index in [1.807, 2.05) is 18.2 Å². The number of hydrogen-bond donors (Lipinski definition) is 1. The second kappa shape index (κ2) is 8.19. The minimum absolute atomic E-state index is 0.241. The standard InChI is InChI=1S/C23H19N3O5/c1-15-13-17(14-19(30-2)20(15)31-18-11-7-4-8-12-18)26-22(28)24-21(27)25(23(26)29)16-9-5-3-6-10-16/h3-14H,1-2H3,(H,24,27,28). The summed E-state index contributed by atoms with van der Waals surface area (Å²) in [5, 5.41) is 0. The normalized spacial score (nSPS) is 10.6. The Morgan fingerprint density at radius 3 is 1.97 bits per heavy atom. The minimum atomic E-state index is -0.847. The zero-order valence-electron chi connectivity index (χ0n) is 16.9. The number of para-hydroxylation sites is 2. The third-order valence-electron chi connectivity index (χ3n) is 4.68. The van der Waals surface area contributed by atoms with Crippen LogP contribution in [-0.2, 0) is 0 Å². The zero-order valence-corrected chi connectivity index (χ0v) is 16.9. The predicted octanol–water partition coefficient (Wildman–Crippen LogP) is 2.79. The lowest BCUT2D eigenvalue weighted by atomic mass is 10.1. The summed E-state index contributed by atoms with van der Waals surface area (Å²) >= 11 is 0. The summed E-state index contributed by atoms with van der Waals surface area (Å²) in [5.41, 5.74) is -1.23. The fourth-order valence-electron chi connectivity index (χ4n) is 3.25. The first-order chi connectivity index (χ1) is 15.0. The van der Waals surface area contributed by atoms with Crippen molar-refractivity contribution in [1.29, 1.82) is 0 Å². The molecule has 0 atom stereocenters. The van der Waals surface area contributed by atoms with Gasteiger partial charge in [-0.3, -0.25) is 4.98 Å². The highest BCUT2D eigenvalue weighted by atomic mass is 16.5. The number of H-pyrrole nitrogens is 1. The highest BCUT2D eigenvalue weighted by Gasteiger charge is 2.17. The molecule has 0 bridgehead atoms. The third-order valence-corrected chi connectivity index (χ3v) is 4.68. The van der Waals surface area contributed by atoms with Gasteiger partial charge in [0.1, 0.15) is 5.75 Å². The summed E-state index contributed by atoms with van der Waals surface area (Å²) in [7, 11) is 1.47. The number of benzene rings is 3. The molecule has 0 aliphatic rings. The quantitative estimate of drug-likeness (QED) is 0.539. The lowest BCUT2D eigenvalue weighted by Gasteiger charge is -2.16. The molecule has 8 nitrogen and oxygen atoms in total. The van der Waals surface area contributed by atoms with E-state index in [4.69, 9.17) is 9.47 Å². The Kier molecular flexibility index (Phi) is 5.28. The second-order valence-corrected chi connectivity index (χ2v) is 6.73. The van der Waals surface area contributed by atoms with E-state index >= 15 is 0 Å². The lowest BCUT2D eigenvalue weighted by molar-refractivity contribution is 0.377. The zero-order chi connectivity index (χ0) is 22.0. The van der Waals surface area contributed by atoms with Crippen molar-refractivity contribution in [1.82, 2.24) is 14.1 Å². The van der Waals surface area contributed by atoms with Gasteiger partial charge in [-0.25, -0.2) is 23.5 Å². The number of aryl methyl sites for hydroxylation is 1. The van der Waals surface area contributed by atoms with Crippen LogP contribution in [0.3, 0.4) is 0 Å². The first kappa shape index (κ1) is 20.0. The number of ether oxygens (including phenoxy) is 2. The summed E-state index contributed by atoms with van der Waals surface area (Å²) in [6.07, 6.45) is 0. The molecular formula is C23H19N3O5. The lowest BCUT2D eigenvalue weighted by Crippen LogP contribution is -2.48. The fourth-order valence-corrected chi connectivity index (χ4v) is 3.25. The number of aromatic amines is 1. The maximum Gasteiger partial charge on any atom is 0.345 e. The molecule has 156 valence electrons. The van der Waals surface area contributed by atoms with Crippen molar-refractivity contribution in [3.05, 3.63) is 110 Å². The molecule has 0 saturated carbocycles. The van der Waals surface area contributed by atoms with Crippen molar-refractivity contribution in [3.63, 3.8) is 0 Å². The molecule has 0 radical (unpaired) electrons. The second-order valence-electron chi connectivity index (χ2n) is 6.73. The Balaban J connectivity index is 1.89. The van der Waals surface area contributed by atoms with Crippen LogP contribution in [0.5, 0.6) is 17.2 Å². The SMILES string of the molecule is COc1cc(-n2c(=O)[nH]c(=O)n(-c3ccccc3)c2=O)cc(C)c1Oc1ccccc1. The molecule has 8 heteroatoms. The van der Waals surface area contributed by atoms with Gasteiger partial charge in [-0.05, 0) is 42.8 Å². The monoisotopic (exact) mass is 417 g/mol. The van der Waals surface area contributed by atoms with Gasteiger partial charge in [-0.2, -0.15) is 0 Å². The van der Waals surface area contributed by atoms with Gasteiger partial charge >= 0.3 is 17.1 Å². The number of hydrogen-bond acceptors (Lipinski definition) is 5. The van der Waals surface area contributed by atoms with Gasteiger partial charge in [0.15, 0.2) is 11.5 Å². The van der Waals surface area contributed by atoms with Crippen LogP contribution in [0.25, 0.3) is 11.4 Å². The fraction of sp³-hybridized carbons (Fsp3) is 0.0870. The predicted molar refractivity (Wildman–Crippen MR) is 116 cm³/mol. The largest absolute Gasteiger partial charge is 0.493 e. The van der Waals surface area contributed by atoms with E-state index in [0.717, 1.165) is 9.13 Å². The van der Waals surface area contributed by atoms with Gasteiger partial charge in [-0.1, -0.05) is 36.4 Å². The first-order valence-corrected chi connectivity index (χ1v) is 9.45. The summed E-state index contributed by atoms with van der Waals surface area (Å²) in [6.45, 7) is 1.77. The van der Waals surface area contributed by atoms with E-state index in [9.17, 15) is 14.4 Å². The first-order valence-electron chi connectivity index (χ1n) is 9.45. The highest BCUT2D eigenvalue weighted by molar-refractivity contribution is 5.55. The summed E-state index contributed by atoms with van der Waals surface area (Å²) in [6, 6.07) is 20.7. The molecule has 3 aromatic carbocycles. The molecule has 31 heavy (non-hydrogen) atoms. The van der Waals surface area contributed by atoms with Crippen molar-refractivity contribution in [2.45, 2.75) is 6.92 Å². The molecular weight excluding hydrogens is 398 g/mol. The molecule has 0 unspecified atom stereocenters. The molecule has 1 heterocycles. The van der Waals surface area contributed by atoms with Crippen LogP contribution in [0.4, 0.5) is 0 Å². The highest BCUT2D eigenvalue weighted by Crippen LogP contribution is 2.36. The molecule has 1 N–H and O–H groups in total. The van der Waals surface area contributed by atoms with Crippen LogP contribution < -0.4 is 26.5 Å². The summed E-state index contributed by atoms with van der Waals surface area (Å²) in [4.78, 5) is 40.2. The minimum Gasteiger partial charge on any atom is -0.493 e. The third kappa shape index (κ3) is 3.78. The Bertz CT molecular complexity index is 1400. The Labute approximate surface area is 176 Å². The smallest absolute Gasteiger partial charge is 0.345 e. The molecule has 0 aliphatic heterocycles. The van der Waals surface area contributed by atoms with E-state index < -0.39 is 17.1 Å². The maximum atomic E-state index is 13.1. The van der Waals surface area contributed by atoms with Crippen LogP contribution in [0.15, 0.2) is 87.2 Å². The van der Waals surface area contributed by atoms with Gasteiger partial charge in [0.05, 0.1) is 18.5 Å². The van der Waals surface area contributed by atoms with Gasteiger partial charge < -0.3 is 9.47 Å². The van der Waals surface area contributed by atoms with Crippen LogP contribution in [-0.4, -0.2) is 21.2 Å². The van der Waals surface area contributed by atoms with Crippen LogP contribution >= 0.6 is 0 Å². The number of nitrogens with one attached hydrogen (secondary N) is 1.